The monoisotopic (exact) mass is 418 g/mol. The zero-order valence-corrected chi connectivity index (χ0v) is 15.3. The van der Waals surface area contributed by atoms with Crippen molar-refractivity contribution < 1.29 is 31.0 Å². The van der Waals surface area contributed by atoms with E-state index < -0.39 is 27.8 Å². The van der Waals surface area contributed by atoms with Gasteiger partial charge in [-0.2, -0.15) is 21.6 Å². The molecule has 0 aliphatic rings. The maximum absolute atomic E-state index is 12.2. The van der Waals surface area contributed by atoms with Gasteiger partial charge >= 0.3 is 12.1 Å². The van der Waals surface area contributed by atoms with Crippen molar-refractivity contribution in [3.05, 3.63) is 70.4 Å². The molecule has 2 rings (SSSR count). The van der Waals surface area contributed by atoms with Gasteiger partial charge in [-0.1, -0.05) is 29.8 Å². The Morgan fingerprint density at radius 1 is 1.11 bits per heavy atom. The van der Waals surface area contributed by atoms with E-state index in [0.717, 1.165) is 23.9 Å². The molecule has 12 heteroatoms. The highest BCUT2D eigenvalue weighted by atomic mass is 32.2. The van der Waals surface area contributed by atoms with Gasteiger partial charge in [-0.15, -0.1) is 9.95 Å². The molecular formula is C16H17F3N4O4S. The number of aryl methyl sites for hydroxylation is 1. The molecule has 0 bridgehead atoms. The Morgan fingerprint density at radius 2 is 1.61 bits per heavy atom. The summed E-state index contributed by atoms with van der Waals surface area (Å²) in [5.41, 5.74) is 10.3. The zero-order valence-electron chi connectivity index (χ0n) is 14.5. The number of nitrogens with two attached hydrogens (primary N) is 2. The molecule has 0 aliphatic heterocycles. The van der Waals surface area contributed by atoms with E-state index in [9.17, 15) is 26.8 Å². The lowest BCUT2D eigenvalue weighted by atomic mass is 10.1. The molecule has 0 aliphatic carbocycles. The van der Waals surface area contributed by atoms with Gasteiger partial charge in [0.25, 0.3) is 10.1 Å². The number of hydrogen-bond acceptors (Lipinski definition) is 4. The molecule has 0 atom stereocenters. The molecule has 2 aromatic rings. The molecule has 0 fully saturated rings. The second kappa shape index (κ2) is 9.19. The van der Waals surface area contributed by atoms with Crippen molar-refractivity contribution in [2.45, 2.75) is 18.0 Å². The smallest absolute Gasteiger partial charge is 0.416 e. The minimum Gasteiger partial charge on any atom is -0.722 e. The average molecular weight is 418 g/mol. The van der Waals surface area contributed by atoms with Crippen LogP contribution in [0.15, 0.2) is 58.5 Å². The Kier molecular flexibility index (Phi) is 7.52. The Morgan fingerprint density at radius 3 is 2.00 bits per heavy atom. The van der Waals surface area contributed by atoms with Gasteiger partial charge in [0, 0.05) is 0 Å². The third-order valence-corrected chi connectivity index (χ3v) is 3.96. The number of hydrogen-bond donors (Lipinski definition) is 3. The molecule has 5 N–H and O–H groups in total. The summed E-state index contributed by atoms with van der Waals surface area (Å²) in [5, 5.41) is 14.1. The molecule has 0 heterocycles. The second-order valence-electron chi connectivity index (χ2n) is 5.35. The number of benzene rings is 2. The van der Waals surface area contributed by atoms with Crippen molar-refractivity contribution in [2.24, 2.45) is 16.6 Å². The molecular weight excluding hydrogens is 401 g/mol. The molecule has 0 amide bonds. The predicted octanol–water partition coefficient (Wildman–Crippen LogP) is 2.06. The van der Waals surface area contributed by atoms with Crippen molar-refractivity contribution in [3.63, 3.8) is 0 Å². The summed E-state index contributed by atoms with van der Waals surface area (Å²) < 4.78 is 66.2. The molecule has 0 spiro atoms. The number of nitrogens with zero attached hydrogens (tertiary/aromatic N) is 2. The summed E-state index contributed by atoms with van der Waals surface area (Å²) in [6, 6.07) is 10.1. The largest absolute Gasteiger partial charge is 0.722 e. The van der Waals surface area contributed by atoms with Crippen LogP contribution in [-0.4, -0.2) is 30.0 Å². The quantitative estimate of drug-likeness (QED) is 0.174. The van der Waals surface area contributed by atoms with E-state index in [2.05, 4.69) is 5.10 Å². The van der Waals surface area contributed by atoms with Crippen LogP contribution >= 0.6 is 0 Å². The van der Waals surface area contributed by atoms with Gasteiger partial charge in [-0.25, -0.2) is 0 Å². The first-order chi connectivity index (χ1) is 12.8. The molecule has 0 saturated heterocycles. The summed E-state index contributed by atoms with van der Waals surface area (Å²) in [4.78, 5) is -0.111. The van der Waals surface area contributed by atoms with Crippen LogP contribution in [0.3, 0.4) is 0 Å². The average Bonchev–Trinajstić information content (AvgIpc) is 2.59. The SMILES string of the molecule is Cc1ccc(S(=O)(=O)O)cc1.NC(N)=[N+]([O-])/N=C/c1ccc(C(F)(F)F)cc1. The van der Waals surface area contributed by atoms with Crippen molar-refractivity contribution in [3.8, 4) is 0 Å². The van der Waals surface area contributed by atoms with E-state index in [1.165, 1.54) is 24.3 Å². The number of guanidine groups is 1. The van der Waals surface area contributed by atoms with E-state index in [-0.39, 0.29) is 9.74 Å². The molecule has 0 radical (unpaired) electrons. The van der Waals surface area contributed by atoms with Crippen LogP contribution in [-0.2, 0) is 16.3 Å². The van der Waals surface area contributed by atoms with Crippen LogP contribution in [0.1, 0.15) is 16.7 Å². The van der Waals surface area contributed by atoms with Crippen LogP contribution in [0.4, 0.5) is 13.2 Å². The summed E-state index contributed by atoms with van der Waals surface area (Å²) in [6.45, 7) is 1.84. The van der Waals surface area contributed by atoms with Crippen LogP contribution in [0, 0.1) is 12.1 Å². The molecule has 2 aromatic carbocycles. The molecule has 8 nitrogen and oxygen atoms in total. The summed E-state index contributed by atoms with van der Waals surface area (Å²) in [5.74, 6) is -0.562. The highest BCUT2D eigenvalue weighted by Gasteiger charge is 2.29. The third-order valence-electron chi connectivity index (χ3n) is 3.09. The van der Waals surface area contributed by atoms with E-state index in [0.29, 0.717) is 5.56 Å². The van der Waals surface area contributed by atoms with Crippen LogP contribution in [0.2, 0.25) is 0 Å². The Bertz CT molecular complexity index is 951. The van der Waals surface area contributed by atoms with Gasteiger partial charge in [-0.3, -0.25) is 16.0 Å². The summed E-state index contributed by atoms with van der Waals surface area (Å²) in [7, 11) is -4.02. The van der Waals surface area contributed by atoms with Gasteiger partial charge in [0.2, 0.25) is 0 Å². The lowest BCUT2D eigenvalue weighted by molar-refractivity contribution is -0.463. The Hall–Kier alpha value is -3.12. The highest BCUT2D eigenvalue weighted by Crippen LogP contribution is 2.28. The van der Waals surface area contributed by atoms with Gasteiger partial charge in [0.1, 0.15) is 0 Å². The van der Waals surface area contributed by atoms with Crippen molar-refractivity contribution in [2.75, 3.05) is 0 Å². The van der Waals surface area contributed by atoms with Crippen molar-refractivity contribution in [1.29, 1.82) is 0 Å². The van der Waals surface area contributed by atoms with Gasteiger partial charge in [0.05, 0.1) is 16.7 Å². The fourth-order valence-electron chi connectivity index (χ4n) is 1.65. The van der Waals surface area contributed by atoms with E-state index in [1.807, 2.05) is 6.92 Å². The third kappa shape index (κ3) is 7.63. The first-order valence-corrected chi connectivity index (χ1v) is 8.85. The van der Waals surface area contributed by atoms with Crippen molar-refractivity contribution in [1.82, 2.24) is 0 Å². The number of hydrazone groups is 1. The van der Waals surface area contributed by atoms with Gasteiger partial charge < -0.3 is 5.21 Å². The summed E-state index contributed by atoms with van der Waals surface area (Å²) >= 11 is 0. The first kappa shape index (κ1) is 22.9. The van der Waals surface area contributed by atoms with Crippen LogP contribution in [0.25, 0.3) is 0 Å². The topological polar surface area (TPSA) is 145 Å². The Labute approximate surface area is 158 Å². The molecule has 152 valence electrons. The fraction of sp³-hybridized carbons (Fsp3) is 0.125. The predicted molar refractivity (Wildman–Crippen MR) is 97.0 cm³/mol. The molecule has 0 saturated carbocycles. The van der Waals surface area contributed by atoms with Crippen molar-refractivity contribution >= 4 is 22.3 Å². The number of halogens is 3. The normalized spacial score (nSPS) is 11.6. The molecule has 28 heavy (non-hydrogen) atoms. The Balaban J connectivity index is 0.000000307. The molecule has 0 unspecified atom stereocenters. The maximum atomic E-state index is 12.2. The minimum absolute atomic E-state index is 0.0440. The lowest BCUT2D eigenvalue weighted by Gasteiger charge is -2.06. The number of alkyl halides is 3. The summed E-state index contributed by atoms with van der Waals surface area (Å²) in [6.07, 6.45) is -3.34. The standard InChI is InChI=1S/C9H9F3N4O.C7H8O3S/c10-9(11,12)7-3-1-6(2-4-7)5-15-16(17)8(13)14;1-6-2-4-7(5-3-6)11(8,9)10/h1-5H,13-14H2;2-5H,1H3,(H,8,9,10)/b15-5+;. The van der Waals surface area contributed by atoms with Gasteiger partial charge in [-0.05, 0) is 36.8 Å². The van der Waals surface area contributed by atoms with Gasteiger partial charge in [0.15, 0.2) is 0 Å². The van der Waals surface area contributed by atoms with Crippen LogP contribution < -0.4 is 11.5 Å². The van der Waals surface area contributed by atoms with E-state index >= 15 is 0 Å². The van der Waals surface area contributed by atoms with Crippen LogP contribution in [0.5, 0.6) is 0 Å². The van der Waals surface area contributed by atoms with E-state index in [4.69, 9.17) is 16.0 Å². The molecule has 0 aromatic heterocycles. The minimum atomic E-state index is -4.39. The van der Waals surface area contributed by atoms with E-state index in [1.54, 1.807) is 12.1 Å². The fourth-order valence-corrected chi connectivity index (χ4v) is 2.13. The first-order valence-electron chi connectivity index (χ1n) is 7.41. The maximum Gasteiger partial charge on any atom is 0.416 e. The zero-order chi connectivity index (χ0) is 21.5. The second-order valence-corrected chi connectivity index (χ2v) is 6.77. The highest BCUT2D eigenvalue weighted by molar-refractivity contribution is 7.85. The number of rotatable bonds is 3. The lowest BCUT2D eigenvalue weighted by Crippen LogP contribution is -2.30.